The Kier molecular flexibility index (Phi) is 4.41. The van der Waals surface area contributed by atoms with E-state index in [-0.39, 0.29) is 5.92 Å². The molecule has 0 fully saturated rings. The predicted molar refractivity (Wildman–Crippen MR) is 79.1 cm³/mol. The molecule has 1 heterocycles. The van der Waals surface area contributed by atoms with Crippen LogP contribution in [0.2, 0.25) is 5.02 Å². The first-order valence-electron chi connectivity index (χ1n) is 6.74. The zero-order valence-corrected chi connectivity index (χ0v) is 12.6. The average Bonchev–Trinajstić information content (AvgIpc) is 2.87. The van der Waals surface area contributed by atoms with Gasteiger partial charge in [0.25, 0.3) is 0 Å². The summed E-state index contributed by atoms with van der Waals surface area (Å²) in [5.74, 6) is 0.264. The smallest absolute Gasteiger partial charge is 0.186 e. The van der Waals surface area contributed by atoms with Crippen LogP contribution in [0.4, 0.5) is 0 Å². The lowest BCUT2D eigenvalue weighted by atomic mass is 9.97. The van der Waals surface area contributed by atoms with Crippen molar-refractivity contribution in [1.82, 2.24) is 15.0 Å². The van der Waals surface area contributed by atoms with Gasteiger partial charge in [-0.1, -0.05) is 36.7 Å². The summed E-state index contributed by atoms with van der Waals surface area (Å²) in [5.41, 5.74) is 3.13. The van der Waals surface area contributed by atoms with Crippen LogP contribution in [0.1, 0.15) is 49.6 Å². The Hall–Kier alpha value is -1.86. The Balaban J connectivity index is 2.59. The summed E-state index contributed by atoms with van der Waals surface area (Å²) >= 11 is 6.18. The molecule has 20 heavy (non-hydrogen) atoms. The number of hydrogen-bond acceptors (Lipinski definition) is 3. The Morgan fingerprint density at radius 3 is 2.60 bits per heavy atom. The Bertz CT molecular complexity index is 650. The van der Waals surface area contributed by atoms with E-state index in [1.807, 2.05) is 25.1 Å². The van der Waals surface area contributed by atoms with Gasteiger partial charge < -0.3 is 0 Å². The predicted octanol–water partition coefficient (Wildman–Crippen LogP) is 4.00. The lowest BCUT2D eigenvalue weighted by Crippen LogP contribution is -2.08. The maximum absolute atomic E-state index is 9.23. The second kappa shape index (κ2) is 6.06. The zero-order valence-electron chi connectivity index (χ0n) is 11.9. The van der Waals surface area contributed by atoms with Crippen LogP contribution < -0.4 is 0 Å². The molecular weight excluding hydrogens is 272 g/mol. The van der Waals surface area contributed by atoms with Crippen LogP contribution in [0.15, 0.2) is 18.2 Å². The molecule has 0 aliphatic carbocycles. The zero-order chi connectivity index (χ0) is 14.7. The summed E-state index contributed by atoms with van der Waals surface area (Å²) in [7, 11) is 0. The van der Waals surface area contributed by atoms with Crippen molar-refractivity contribution in [2.24, 2.45) is 0 Å². The Morgan fingerprint density at radius 2 is 2.05 bits per heavy atom. The first-order valence-corrected chi connectivity index (χ1v) is 7.12. The van der Waals surface area contributed by atoms with E-state index < -0.39 is 0 Å². The number of halogens is 1. The molecule has 0 atom stereocenters. The molecule has 0 unspecified atom stereocenters. The van der Waals surface area contributed by atoms with E-state index in [2.05, 4.69) is 30.2 Å². The van der Waals surface area contributed by atoms with E-state index in [0.717, 1.165) is 29.8 Å². The molecule has 0 amide bonds. The molecule has 0 spiro atoms. The number of nitriles is 1. The van der Waals surface area contributed by atoms with E-state index in [0.29, 0.717) is 10.7 Å². The number of nitrogens with zero attached hydrogens (tertiary/aromatic N) is 4. The van der Waals surface area contributed by atoms with Crippen molar-refractivity contribution in [3.63, 3.8) is 0 Å². The van der Waals surface area contributed by atoms with Gasteiger partial charge in [-0.3, -0.25) is 0 Å². The van der Waals surface area contributed by atoms with Crippen LogP contribution in [0.3, 0.4) is 0 Å². The largest absolute Gasteiger partial charge is 0.216 e. The quantitative estimate of drug-likeness (QED) is 0.854. The van der Waals surface area contributed by atoms with E-state index in [1.165, 1.54) is 0 Å². The van der Waals surface area contributed by atoms with Gasteiger partial charge in [0.05, 0.1) is 11.4 Å². The summed E-state index contributed by atoms with van der Waals surface area (Å²) in [6, 6.07) is 7.89. The second-order valence-corrected chi connectivity index (χ2v) is 5.20. The van der Waals surface area contributed by atoms with Gasteiger partial charge in [0.15, 0.2) is 5.69 Å². The monoisotopic (exact) mass is 288 g/mol. The van der Waals surface area contributed by atoms with Crippen LogP contribution in [-0.2, 0) is 0 Å². The van der Waals surface area contributed by atoms with Crippen LogP contribution >= 0.6 is 11.6 Å². The molecule has 104 valence electrons. The highest BCUT2D eigenvalue weighted by molar-refractivity contribution is 6.31. The maximum Gasteiger partial charge on any atom is 0.186 e. The van der Waals surface area contributed by atoms with E-state index in [9.17, 15) is 5.26 Å². The van der Waals surface area contributed by atoms with Crippen molar-refractivity contribution in [2.45, 2.75) is 39.5 Å². The van der Waals surface area contributed by atoms with Gasteiger partial charge in [0.1, 0.15) is 6.07 Å². The van der Waals surface area contributed by atoms with Crippen molar-refractivity contribution >= 4 is 11.6 Å². The highest BCUT2D eigenvalue weighted by Crippen LogP contribution is 2.28. The van der Waals surface area contributed by atoms with Gasteiger partial charge in [0.2, 0.25) is 0 Å². The standard InChI is InChI=1S/C15H17ClN4/c1-4-11(5-2)15-14(9-17)18-19-20(15)12-7-6-10(3)13(16)8-12/h6-8,11H,4-5H2,1-3H3. The highest BCUT2D eigenvalue weighted by atomic mass is 35.5. The third-order valence-corrected chi connectivity index (χ3v) is 3.99. The van der Waals surface area contributed by atoms with Crippen molar-refractivity contribution < 1.29 is 0 Å². The molecule has 0 radical (unpaired) electrons. The molecular formula is C15H17ClN4. The van der Waals surface area contributed by atoms with Crippen molar-refractivity contribution in [2.75, 3.05) is 0 Å². The van der Waals surface area contributed by atoms with E-state index in [1.54, 1.807) is 4.68 Å². The van der Waals surface area contributed by atoms with Crippen molar-refractivity contribution in [3.05, 3.63) is 40.2 Å². The van der Waals surface area contributed by atoms with Crippen LogP contribution in [0.5, 0.6) is 0 Å². The van der Waals surface area contributed by atoms with Gasteiger partial charge >= 0.3 is 0 Å². The van der Waals surface area contributed by atoms with E-state index in [4.69, 9.17) is 11.6 Å². The SMILES string of the molecule is CCC(CC)c1c(C#N)nnn1-c1ccc(C)c(Cl)c1. The molecule has 1 aromatic heterocycles. The lowest BCUT2D eigenvalue weighted by Gasteiger charge is -2.15. The first kappa shape index (κ1) is 14.5. The minimum absolute atomic E-state index is 0.264. The van der Waals surface area contributed by atoms with Crippen LogP contribution in [-0.4, -0.2) is 15.0 Å². The maximum atomic E-state index is 9.23. The number of aromatic nitrogens is 3. The number of rotatable bonds is 4. The van der Waals surface area contributed by atoms with E-state index >= 15 is 0 Å². The molecule has 0 aliphatic heterocycles. The molecule has 0 saturated heterocycles. The third kappa shape index (κ3) is 2.54. The number of hydrogen-bond donors (Lipinski definition) is 0. The fraction of sp³-hybridized carbons (Fsp3) is 0.400. The highest BCUT2D eigenvalue weighted by Gasteiger charge is 2.21. The topological polar surface area (TPSA) is 54.5 Å². The molecule has 2 aromatic rings. The number of benzene rings is 1. The fourth-order valence-electron chi connectivity index (χ4n) is 2.31. The third-order valence-electron chi connectivity index (χ3n) is 3.58. The molecule has 0 bridgehead atoms. The summed E-state index contributed by atoms with van der Waals surface area (Å²) < 4.78 is 1.74. The second-order valence-electron chi connectivity index (χ2n) is 4.79. The minimum Gasteiger partial charge on any atom is -0.216 e. The lowest BCUT2D eigenvalue weighted by molar-refractivity contribution is 0.594. The van der Waals surface area contributed by atoms with Gasteiger partial charge in [-0.2, -0.15) is 5.26 Å². The molecule has 5 heteroatoms. The first-order chi connectivity index (χ1) is 9.62. The molecule has 2 rings (SSSR count). The normalized spacial score (nSPS) is 10.8. The van der Waals surface area contributed by atoms with Crippen LogP contribution in [0, 0.1) is 18.3 Å². The fourth-order valence-corrected chi connectivity index (χ4v) is 2.49. The average molecular weight is 289 g/mol. The summed E-state index contributed by atoms with van der Waals surface area (Å²) in [6.45, 7) is 6.17. The summed E-state index contributed by atoms with van der Waals surface area (Å²) in [4.78, 5) is 0. The minimum atomic E-state index is 0.264. The van der Waals surface area contributed by atoms with Crippen molar-refractivity contribution in [3.8, 4) is 11.8 Å². The molecule has 0 aliphatic rings. The van der Waals surface area contributed by atoms with Crippen LogP contribution in [0.25, 0.3) is 5.69 Å². The molecule has 1 aromatic carbocycles. The van der Waals surface area contributed by atoms with Gasteiger partial charge in [0, 0.05) is 10.9 Å². The van der Waals surface area contributed by atoms with Crippen molar-refractivity contribution in [1.29, 1.82) is 5.26 Å². The number of aryl methyl sites for hydroxylation is 1. The molecule has 0 saturated carbocycles. The summed E-state index contributed by atoms with van der Waals surface area (Å²) in [6.07, 6.45) is 1.89. The summed E-state index contributed by atoms with van der Waals surface area (Å²) in [5, 5.41) is 18.0. The van der Waals surface area contributed by atoms with Gasteiger partial charge in [-0.25, -0.2) is 4.68 Å². The molecule has 4 nitrogen and oxygen atoms in total. The Morgan fingerprint density at radius 1 is 1.35 bits per heavy atom. The molecule has 0 N–H and O–H groups in total. The Labute approximate surface area is 124 Å². The van der Waals surface area contributed by atoms with Gasteiger partial charge in [-0.15, -0.1) is 5.10 Å². The van der Waals surface area contributed by atoms with Gasteiger partial charge in [-0.05, 0) is 37.5 Å².